The van der Waals surface area contributed by atoms with E-state index in [1.54, 1.807) is 24.0 Å². The van der Waals surface area contributed by atoms with E-state index in [-0.39, 0.29) is 48.8 Å². The van der Waals surface area contributed by atoms with Crippen LogP contribution in [0.3, 0.4) is 0 Å². The maximum absolute atomic E-state index is 13.5. The van der Waals surface area contributed by atoms with Gasteiger partial charge in [0.05, 0.1) is 5.92 Å². The number of carbonyl (C=O) groups is 3. The van der Waals surface area contributed by atoms with Crippen molar-refractivity contribution >= 4 is 17.7 Å². The molecule has 2 N–H and O–H groups in total. The van der Waals surface area contributed by atoms with Gasteiger partial charge in [-0.05, 0) is 38.5 Å². The number of nitrogens with zero attached hydrogens (tertiary/aromatic N) is 1. The van der Waals surface area contributed by atoms with Gasteiger partial charge in [0, 0.05) is 37.7 Å². The molecular formula is C18H24FN3O3. The van der Waals surface area contributed by atoms with Crippen molar-refractivity contribution in [3.63, 3.8) is 0 Å². The Bertz CT molecular complexity index is 676. The van der Waals surface area contributed by atoms with Gasteiger partial charge >= 0.3 is 0 Å². The second-order valence-corrected chi connectivity index (χ2v) is 6.55. The third kappa shape index (κ3) is 4.78. The molecule has 0 bridgehead atoms. The van der Waals surface area contributed by atoms with Crippen LogP contribution in [0.1, 0.15) is 36.2 Å². The Balaban J connectivity index is 1.74. The predicted molar refractivity (Wildman–Crippen MR) is 91.4 cm³/mol. The van der Waals surface area contributed by atoms with Crippen molar-refractivity contribution in [2.75, 3.05) is 19.6 Å². The Morgan fingerprint density at radius 3 is 2.56 bits per heavy atom. The minimum atomic E-state index is -0.429. The van der Waals surface area contributed by atoms with E-state index in [1.165, 1.54) is 6.07 Å². The van der Waals surface area contributed by atoms with Crippen molar-refractivity contribution < 1.29 is 18.8 Å². The van der Waals surface area contributed by atoms with Crippen LogP contribution in [0.4, 0.5) is 4.39 Å². The normalized spacial score (nSPS) is 17.1. The molecule has 2 rings (SSSR count). The highest BCUT2D eigenvalue weighted by atomic mass is 19.1. The molecule has 1 fully saturated rings. The van der Waals surface area contributed by atoms with Crippen molar-refractivity contribution in [3.8, 4) is 0 Å². The van der Waals surface area contributed by atoms with Gasteiger partial charge in [-0.15, -0.1) is 0 Å². The lowest BCUT2D eigenvalue weighted by Gasteiger charge is -2.20. The largest absolute Gasteiger partial charge is 0.354 e. The molecule has 7 heteroatoms. The smallest absolute Gasteiger partial charge is 0.251 e. The number of nitrogens with one attached hydrogen (secondary N) is 2. The number of hydrogen-bond acceptors (Lipinski definition) is 3. The summed E-state index contributed by atoms with van der Waals surface area (Å²) in [6.07, 6.45) is 0.221. The lowest BCUT2D eigenvalue weighted by Crippen LogP contribution is -2.39. The van der Waals surface area contributed by atoms with Crippen LogP contribution in [0, 0.1) is 18.7 Å². The number of halogens is 1. The molecule has 1 aliphatic rings. The average Bonchev–Trinajstić information content (AvgIpc) is 2.96. The molecule has 6 nitrogen and oxygen atoms in total. The zero-order valence-electron chi connectivity index (χ0n) is 14.8. The van der Waals surface area contributed by atoms with Crippen LogP contribution in [0.5, 0.6) is 0 Å². The molecule has 1 atom stereocenters. The van der Waals surface area contributed by atoms with Crippen LogP contribution in [-0.4, -0.2) is 48.3 Å². The molecule has 0 spiro atoms. The summed E-state index contributed by atoms with van der Waals surface area (Å²) >= 11 is 0. The summed E-state index contributed by atoms with van der Waals surface area (Å²) in [5, 5.41) is 5.36. The average molecular weight is 349 g/mol. The van der Waals surface area contributed by atoms with Gasteiger partial charge in [-0.3, -0.25) is 14.4 Å². The zero-order valence-corrected chi connectivity index (χ0v) is 14.8. The minimum absolute atomic E-state index is 0.00940. The topological polar surface area (TPSA) is 78.5 Å². The molecule has 0 radical (unpaired) electrons. The van der Waals surface area contributed by atoms with Gasteiger partial charge in [-0.25, -0.2) is 4.39 Å². The number of carbonyl (C=O) groups excluding carboxylic acids is 3. The van der Waals surface area contributed by atoms with E-state index < -0.39 is 11.7 Å². The molecule has 0 aliphatic carbocycles. The van der Waals surface area contributed by atoms with Gasteiger partial charge in [0.1, 0.15) is 5.82 Å². The molecule has 1 heterocycles. The minimum Gasteiger partial charge on any atom is -0.354 e. The van der Waals surface area contributed by atoms with E-state index in [2.05, 4.69) is 10.6 Å². The Labute approximate surface area is 146 Å². The van der Waals surface area contributed by atoms with Crippen LogP contribution in [-0.2, 0) is 9.59 Å². The van der Waals surface area contributed by atoms with Crippen LogP contribution < -0.4 is 10.6 Å². The van der Waals surface area contributed by atoms with Crippen molar-refractivity contribution in [3.05, 3.63) is 35.1 Å². The molecule has 1 saturated heterocycles. The first kappa shape index (κ1) is 18.9. The summed E-state index contributed by atoms with van der Waals surface area (Å²) in [4.78, 5) is 37.5. The van der Waals surface area contributed by atoms with Gasteiger partial charge in [0.2, 0.25) is 11.8 Å². The van der Waals surface area contributed by atoms with Crippen molar-refractivity contribution in [1.82, 2.24) is 15.5 Å². The highest BCUT2D eigenvalue weighted by Gasteiger charge is 2.35. The SMILES string of the molecule is Cc1ccc(C(=O)NCCNC(=O)C2CC(=O)N(C(C)C)C2)cc1F. The molecule has 25 heavy (non-hydrogen) atoms. The van der Waals surface area contributed by atoms with Gasteiger partial charge in [-0.2, -0.15) is 0 Å². The second kappa shape index (κ2) is 8.09. The van der Waals surface area contributed by atoms with E-state index in [0.29, 0.717) is 12.1 Å². The van der Waals surface area contributed by atoms with Gasteiger partial charge < -0.3 is 15.5 Å². The molecule has 1 aromatic carbocycles. The first-order chi connectivity index (χ1) is 11.8. The van der Waals surface area contributed by atoms with Crippen molar-refractivity contribution in [2.24, 2.45) is 5.92 Å². The van der Waals surface area contributed by atoms with Gasteiger partial charge in [0.25, 0.3) is 5.91 Å². The summed E-state index contributed by atoms with van der Waals surface area (Å²) in [5.74, 6) is -1.37. The third-order valence-corrected chi connectivity index (χ3v) is 4.30. The third-order valence-electron chi connectivity index (χ3n) is 4.30. The summed E-state index contributed by atoms with van der Waals surface area (Å²) < 4.78 is 13.5. The fraction of sp³-hybridized carbons (Fsp3) is 0.500. The maximum atomic E-state index is 13.5. The van der Waals surface area contributed by atoms with E-state index in [1.807, 2.05) is 13.8 Å². The monoisotopic (exact) mass is 349 g/mol. The summed E-state index contributed by atoms with van der Waals surface area (Å²) in [6.45, 7) is 6.38. The number of likely N-dealkylation sites (tertiary alicyclic amines) is 1. The number of rotatable bonds is 6. The number of hydrogen-bond donors (Lipinski definition) is 2. The highest BCUT2D eigenvalue weighted by molar-refractivity contribution is 5.94. The Morgan fingerprint density at radius 1 is 1.28 bits per heavy atom. The molecular weight excluding hydrogens is 325 g/mol. The molecule has 3 amide bonds. The second-order valence-electron chi connectivity index (χ2n) is 6.55. The Morgan fingerprint density at radius 2 is 1.96 bits per heavy atom. The van der Waals surface area contributed by atoms with Crippen molar-refractivity contribution in [2.45, 2.75) is 33.2 Å². The van der Waals surface area contributed by atoms with Crippen LogP contribution in [0.15, 0.2) is 18.2 Å². The van der Waals surface area contributed by atoms with Crippen LogP contribution in [0.25, 0.3) is 0 Å². The summed E-state index contributed by atoms with van der Waals surface area (Å²) in [7, 11) is 0. The first-order valence-electron chi connectivity index (χ1n) is 8.41. The quantitative estimate of drug-likeness (QED) is 0.759. The van der Waals surface area contributed by atoms with Gasteiger partial charge in [-0.1, -0.05) is 6.07 Å². The fourth-order valence-electron chi connectivity index (χ4n) is 2.75. The molecule has 1 aliphatic heterocycles. The van der Waals surface area contributed by atoms with E-state index in [9.17, 15) is 18.8 Å². The van der Waals surface area contributed by atoms with E-state index in [4.69, 9.17) is 0 Å². The zero-order chi connectivity index (χ0) is 18.6. The maximum Gasteiger partial charge on any atom is 0.251 e. The van der Waals surface area contributed by atoms with Crippen LogP contribution >= 0.6 is 0 Å². The number of benzene rings is 1. The molecule has 1 unspecified atom stereocenters. The predicted octanol–water partition coefficient (Wildman–Crippen LogP) is 1.24. The fourth-order valence-corrected chi connectivity index (χ4v) is 2.75. The summed E-state index contributed by atoms with van der Waals surface area (Å²) in [5.41, 5.74) is 0.716. The highest BCUT2D eigenvalue weighted by Crippen LogP contribution is 2.20. The molecule has 136 valence electrons. The standard InChI is InChI=1S/C18H24FN3O3/c1-11(2)22-10-14(9-16(22)23)18(25)21-7-6-20-17(24)13-5-4-12(3)15(19)8-13/h4-5,8,11,14H,6-7,9-10H2,1-3H3,(H,20,24)(H,21,25). The molecule has 1 aromatic rings. The lowest BCUT2D eigenvalue weighted by molar-refractivity contribution is -0.129. The Hall–Kier alpha value is -2.44. The Kier molecular flexibility index (Phi) is 6.12. The first-order valence-corrected chi connectivity index (χ1v) is 8.41. The lowest BCUT2D eigenvalue weighted by atomic mass is 10.1. The molecule has 0 aromatic heterocycles. The van der Waals surface area contributed by atoms with Gasteiger partial charge in [0.15, 0.2) is 0 Å². The number of amides is 3. The van der Waals surface area contributed by atoms with Crippen molar-refractivity contribution in [1.29, 1.82) is 0 Å². The molecule has 0 saturated carbocycles. The van der Waals surface area contributed by atoms with Crippen LogP contribution in [0.2, 0.25) is 0 Å². The summed E-state index contributed by atoms with van der Waals surface area (Å²) in [6, 6.07) is 4.37. The van der Waals surface area contributed by atoms with E-state index >= 15 is 0 Å². The van der Waals surface area contributed by atoms with E-state index in [0.717, 1.165) is 0 Å². The number of aryl methyl sites for hydroxylation is 1.